The highest BCUT2D eigenvalue weighted by atomic mass is 16.5. The monoisotopic (exact) mass is 337 g/mol. The van der Waals surface area contributed by atoms with Crippen LogP contribution >= 0.6 is 0 Å². The molecular formula is C19H19N3O3. The first-order valence-electron chi connectivity index (χ1n) is 8.03. The molecule has 0 saturated heterocycles. The second-order valence-electron chi connectivity index (χ2n) is 5.99. The maximum Gasteiger partial charge on any atom is 0.255 e. The second-order valence-corrected chi connectivity index (χ2v) is 5.99. The molecule has 1 aromatic heterocycles. The molecule has 0 spiro atoms. The Hall–Kier alpha value is -3.15. The summed E-state index contributed by atoms with van der Waals surface area (Å²) in [5.74, 6) is 0.578. The van der Waals surface area contributed by atoms with Gasteiger partial charge in [-0.25, -0.2) is 0 Å². The third-order valence-electron chi connectivity index (χ3n) is 3.83. The van der Waals surface area contributed by atoms with Crippen molar-refractivity contribution in [3.8, 4) is 17.1 Å². The van der Waals surface area contributed by atoms with Gasteiger partial charge in [-0.3, -0.25) is 4.79 Å². The Labute approximate surface area is 145 Å². The van der Waals surface area contributed by atoms with E-state index in [1.807, 2.05) is 44.2 Å². The van der Waals surface area contributed by atoms with E-state index in [1.54, 1.807) is 12.1 Å². The zero-order valence-electron chi connectivity index (χ0n) is 14.1. The molecule has 0 aliphatic rings. The number of nitrogens with zero attached hydrogens (tertiary/aromatic N) is 2. The first kappa shape index (κ1) is 16.7. The molecule has 1 amide bonds. The number of carbonyl (C=O) groups is 1. The Morgan fingerprint density at radius 1 is 1.20 bits per heavy atom. The van der Waals surface area contributed by atoms with Gasteiger partial charge < -0.3 is 14.9 Å². The lowest BCUT2D eigenvalue weighted by Gasteiger charge is -2.10. The molecule has 0 saturated carbocycles. The fourth-order valence-electron chi connectivity index (χ4n) is 2.38. The summed E-state index contributed by atoms with van der Waals surface area (Å²) in [5, 5.41) is 16.5. The maximum absolute atomic E-state index is 12.3. The molecule has 2 N–H and O–H groups in total. The summed E-state index contributed by atoms with van der Waals surface area (Å²) in [6, 6.07) is 14.5. The summed E-state index contributed by atoms with van der Waals surface area (Å²) in [7, 11) is 0. The topological polar surface area (TPSA) is 88.2 Å². The number of aromatic hydroxyl groups is 1. The molecule has 2 aromatic carbocycles. The van der Waals surface area contributed by atoms with E-state index in [-0.39, 0.29) is 29.7 Å². The van der Waals surface area contributed by atoms with Crippen molar-refractivity contribution in [1.82, 2.24) is 15.5 Å². The summed E-state index contributed by atoms with van der Waals surface area (Å²) >= 11 is 0. The van der Waals surface area contributed by atoms with Gasteiger partial charge in [0, 0.05) is 5.56 Å². The van der Waals surface area contributed by atoms with Crippen LogP contribution in [0.4, 0.5) is 0 Å². The van der Waals surface area contributed by atoms with E-state index in [4.69, 9.17) is 4.52 Å². The largest absolute Gasteiger partial charge is 0.507 e. The Kier molecular flexibility index (Phi) is 4.79. The van der Waals surface area contributed by atoms with E-state index in [0.29, 0.717) is 11.7 Å². The van der Waals surface area contributed by atoms with Crippen LogP contribution in [0.25, 0.3) is 11.4 Å². The average Bonchev–Trinajstić information content (AvgIpc) is 3.09. The SMILES string of the molecule is CC(C)c1ccc(O)c(C(=O)NCc2nc(-c3ccccc3)no2)c1. The van der Waals surface area contributed by atoms with Gasteiger partial charge in [0.05, 0.1) is 12.1 Å². The smallest absolute Gasteiger partial charge is 0.255 e. The van der Waals surface area contributed by atoms with Crippen LogP contribution in [0.15, 0.2) is 53.1 Å². The van der Waals surface area contributed by atoms with Crippen molar-refractivity contribution in [3.63, 3.8) is 0 Å². The summed E-state index contributed by atoms with van der Waals surface area (Å²) in [4.78, 5) is 16.6. The number of hydrogen-bond acceptors (Lipinski definition) is 5. The first-order chi connectivity index (χ1) is 12.0. The highest BCUT2D eigenvalue weighted by Crippen LogP contribution is 2.23. The number of hydrogen-bond donors (Lipinski definition) is 2. The van der Waals surface area contributed by atoms with Crippen LogP contribution in [0.3, 0.4) is 0 Å². The van der Waals surface area contributed by atoms with Gasteiger partial charge in [-0.1, -0.05) is 55.4 Å². The molecule has 0 atom stereocenters. The van der Waals surface area contributed by atoms with Crippen LogP contribution in [0.5, 0.6) is 5.75 Å². The van der Waals surface area contributed by atoms with Gasteiger partial charge in [-0.2, -0.15) is 4.98 Å². The molecule has 0 aliphatic carbocycles. The van der Waals surface area contributed by atoms with Gasteiger partial charge in [0.2, 0.25) is 11.7 Å². The van der Waals surface area contributed by atoms with Crippen molar-refractivity contribution in [3.05, 3.63) is 65.5 Å². The van der Waals surface area contributed by atoms with Crippen LogP contribution < -0.4 is 5.32 Å². The molecule has 1 heterocycles. The van der Waals surface area contributed by atoms with Crippen LogP contribution in [0.1, 0.15) is 41.6 Å². The summed E-state index contributed by atoms with van der Waals surface area (Å²) in [5.41, 5.74) is 2.05. The average molecular weight is 337 g/mol. The Morgan fingerprint density at radius 2 is 1.96 bits per heavy atom. The number of phenolic OH excluding ortho intramolecular Hbond substituents is 1. The number of amides is 1. The van der Waals surface area contributed by atoms with E-state index in [0.717, 1.165) is 11.1 Å². The van der Waals surface area contributed by atoms with E-state index in [2.05, 4.69) is 15.5 Å². The number of carbonyl (C=O) groups excluding carboxylic acids is 1. The molecule has 6 nitrogen and oxygen atoms in total. The lowest BCUT2D eigenvalue weighted by atomic mass is 10.00. The molecule has 0 radical (unpaired) electrons. The number of benzene rings is 2. The molecule has 25 heavy (non-hydrogen) atoms. The molecule has 3 rings (SSSR count). The van der Waals surface area contributed by atoms with E-state index < -0.39 is 0 Å². The summed E-state index contributed by atoms with van der Waals surface area (Å²) in [6.45, 7) is 4.14. The standard InChI is InChI=1S/C19H19N3O3/c1-12(2)14-8-9-16(23)15(10-14)19(24)20-11-17-21-18(22-25-17)13-6-4-3-5-7-13/h3-10,12,23H,11H2,1-2H3,(H,20,24). The van der Waals surface area contributed by atoms with Crippen molar-refractivity contribution in [2.75, 3.05) is 0 Å². The van der Waals surface area contributed by atoms with E-state index >= 15 is 0 Å². The van der Waals surface area contributed by atoms with Crippen LogP contribution in [0, 0.1) is 0 Å². The van der Waals surface area contributed by atoms with E-state index in [1.165, 1.54) is 6.07 Å². The molecule has 0 fully saturated rings. The minimum absolute atomic E-state index is 0.0580. The van der Waals surface area contributed by atoms with Gasteiger partial charge in [0.25, 0.3) is 5.91 Å². The van der Waals surface area contributed by atoms with E-state index in [9.17, 15) is 9.90 Å². The fraction of sp³-hybridized carbons (Fsp3) is 0.211. The highest BCUT2D eigenvalue weighted by molar-refractivity contribution is 5.96. The van der Waals surface area contributed by atoms with Crippen molar-refractivity contribution >= 4 is 5.91 Å². The minimum Gasteiger partial charge on any atom is -0.507 e. The quantitative estimate of drug-likeness (QED) is 0.744. The third kappa shape index (κ3) is 3.85. The predicted molar refractivity (Wildman–Crippen MR) is 93.1 cm³/mol. The molecule has 0 bridgehead atoms. The number of rotatable bonds is 5. The van der Waals surface area contributed by atoms with Crippen molar-refractivity contribution in [2.45, 2.75) is 26.3 Å². The van der Waals surface area contributed by atoms with Crippen molar-refractivity contribution in [1.29, 1.82) is 0 Å². The fourth-order valence-corrected chi connectivity index (χ4v) is 2.38. The van der Waals surface area contributed by atoms with Crippen LogP contribution in [0.2, 0.25) is 0 Å². The summed E-state index contributed by atoms with van der Waals surface area (Å²) in [6.07, 6.45) is 0. The number of aromatic nitrogens is 2. The van der Waals surface area contributed by atoms with Gasteiger partial charge in [0.1, 0.15) is 5.75 Å². The molecule has 128 valence electrons. The minimum atomic E-state index is -0.389. The Bertz CT molecular complexity index is 873. The maximum atomic E-state index is 12.3. The third-order valence-corrected chi connectivity index (χ3v) is 3.83. The second kappa shape index (κ2) is 7.17. The molecule has 0 aliphatic heterocycles. The first-order valence-corrected chi connectivity index (χ1v) is 8.03. The van der Waals surface area contributed by atoms with Crippen molar-refractivity contribution in [2.24, 2.45) is 0 Å². The molecular weight excluding hydrogens is 318 g/mol. The highest BCUT2D eigenvalue weighted by Gasteiger charge is 2.15. The van der Waals surface area contributed by atoms with Gasteiger partial charge in [0.15, 0.2) is 0 Å². The lowest BCUT2D eigenvalue weighted by molar-refractivity contribution is 0.0943. The van der Waals surface area contributed by atoms with Gasteiger partial charge >= 0.3 is 0 Å². The molecule has 3 aromatic rings. The molecule has 0 unspecified atom stereocenters. The van der Waals surface area contributed by atoms with Gasteiger partial charge in [-0.15, -0.1) is 0 Å². The normalized spacial score (nSPS) is 10.8. The number of nitrogens with one attached hydrogen (secondary N) is 1. The zero-order valence-corrected chi connectivity index (χ0v) is 14.1. The Balaban J connectivity index is 1.69. The van der Waals surface area contributed by atoms with Crippen LogP contribution in [-0.2, 0) is 6.54 Å². The number of phenols is 1. The Morgan fingerprint density at radius 3 is 2.68 bits per heavy atom. The van der Waals surface area contributed by atoms with Crippen molar-refractivity contribution < 1.29 is 14.4 Å². The summed E-state index contributed by atoms with van der Waals surface area (Å²) < 4.78 is 5.16. The van der Waals surface area contributed by atoms with Gasteiger partial charge in [-0.05, 0) is 23.6 Å². The zero-order chi connectivity index (χ0) is 17.8. The lowest BCUT2D eigenvalue weighted by Crippen LogP contribution is -2.23. The molecule has 6 heteroatoms. The predicted octanol–water partition coefficient (Wildman–Crippen LogP) is 3.50. The van der Waals surface area contributed by atoms with Crippen LogP contribution in [-0.4, -0.2) is 21.2 Å².